The molecule has 0 heterocycles. The van der Waals surface area contributed by atoms with Gasteiger partial charge in [-0.25, -0.2) is 17.2 Å². The first-order valence-electron chi connectivity index (χ1n) is 14.3. The fourth-order valence-corrected chi connectivity index (χ4v) is 6.10. The van der Waals surface area contributed by atoms with Crippen molar-refractivity contribution in [1.82, 2.24) is 10.2 Å². The van der Waals surface area contributed by atoms with Crippen molar-refractivity contribution in [2.24, 2.45) is 0 Å². The first-order valence-corrected chi connectivity index (χ1v) is 15.7. The van der Waals surface area contributed by atoms with Crippen LogP contribution in [0.1, 0.15) is 31.4 Å². The lowest BCUT2D eigenvalue weighted by atomic mass is 10.0. The molecule has 0 spiro atoms. The van der Waals surface area contributed by atoms with Crippen molar-refractivity contribution in [2.45, 2.75) is 50.2 Å². The number of hydrogen-bond acceptors (Lipinski definition) is 4. The first kappa shape index (κ1) is 32.3. The van der Waals surface area contributed by atoms with Gasteiger partial charge in [-0.05, 0) is 61.4 Å². The van der Waals surface area contributed by atoms with Crippen LogP contribution in [0.4, 0.5) is 14.5 Å². The number of anilines is 1. The second-order valence-corrected chi connectivity index (χ2v) is 12.3. The van der Waals surface area contributed by atoms with Crippen molar-refractivity contribution >= 4 is 27.5 Å². The zero-order chi connectivity index (χ0) is 31.7. The normalized spacial score (nSPS) is 12.6. The number of nitrogens with zero attached hydrogens (tertiary/aromatic N) is 2. The number of benzene rings is 4. The van der Waals surface area contributed by atoms with Gasteiger partial charge in [-0.3, -0.25) is 13.9 Å². The standard InChI is InChI=1S/C34H35F2N3O4S/c1-3-25(2)37-34(41)32(22-26-12-6-4-7-13-26)38(23-27-14-10-11-17-31(27)36)33(40)24-39(29-20-18-28(35)19-21-29)44(42,43)30-15-8-5-9-16-30/h4-21,25,32H,3,22-24H2,1-2H3,(H,37,41)/t25-,32+/m1/s1. The van der Waals surface area contributed by atoms with Gasteiger partial charge in [-0.1, -0.05) is 73.7 Å². The number of rotatable bonds is 13. The quantitative estimate of drug-likeness (QED) is 0.208. The van der Waals surface area contributed by atoms with Crippen LogP contribution in [0.2, 0.25) is 0 Å². The Kier molecular flexibility index (Phi) is 10.8. The molecule has 0 radical (unpaired) electrons. The second-order valence-electron chi connectivity index (χ2n) is 10.4. The van der Waals surface area contributed by atoms with Crippen molar-refractivity contribution in [3.05, 3.63) is 132 Å². The third kappa shape index (κ3) is 8.08. The molecular formula is C34H35F2N3O4S. The molecule has 230 valence electrons. The largest absolute Gasteiger partial charge is 0.352 e. The maximum Gasteiger partial charge on any atom is 0.264 e. The third-order valence-corrected chi connectivity index (χ3v) is 9.08. The Hall–Kier alpha value is -4.57. The van der Waals surface area contributed by atoms with E-state index in [1.165, 1.54) is 47.4 Å². The van der Waals surface area contributed by atoms with Crippen molar-refractivity contribution in [1.29, 1.82) is 0 Å². The Morgan fingerprint density at radius 3 is 2.02 bits per heavy atom. The molecule has 2 amide bonds. The van der Waals surface area contributed by atoms with Gasteiger partial charge in [0, 0.05) is 24.6 Å². The molecule has 0 unspecified atom stereocenters. The van der Waals surface area contributed by atoms with Crippen molar-refractivity contribution in [3.63, 3.8) is 0 Å². The monoisotopic (exact) mass is 619 g/mol. The molecule has 10 heteroatoms. The van der Waals surface area contributed by atoms with Gasteiger partial charge in [0.2, 0.25) is 11.8 Å². The minimum absolute atomic E-state index is 0.0538. The van der Waals surface area contributed by atoms with Crippen LogP contribution in [0, 0.1) is 11.6 Å². The van der Waals surface area contributed by atoms with Gasteiger partial charge < -0.3 is 10.2 Å². The smallest absolute Gasteiger partial charge is 0.264 e. The highest BCUT2D eigenvalue weighted by atomic mass is 32.2. The van der Waals surface area contributed by atoms with E-state index in [1.54, 1.807) is 24.3 Å². The number of halogens is 2. The summed E-state index contributed by atoms with van der Waals surface area (Å²) in [7, 11) is -4.32. The topological polar surface area (TPSA) is 86.8 Å². The Balaban J connectivity index is 1.80. The lowest BCUT2D eigenvalue weighted by Gasteiger charge is -2.34. The summed E-state index contributed by atoms with van der Waals surface area (Å²) < 4.78 is 57.5. The summed E-state index contributed by atoms with van der Waals surface area (Å²) >= 11 is 0. The van der Waals surface area contributed by atoms with Crippen LogP contribution < -0.4 is 9.62 Å². The van der Waals surface area contributed by atoms with Gasteiger partial charge in [0.1, 0.15) is 24.2 Å². The van der Waals surface area contributed by atoms with Crippen LogP contribution in [-0.4, -0.2) is 43.8 Å². The number of hydrogen-bond donors (Lipinski definition) is 1. The predicted octanol–water partition coefficient (Wildman–Crippen LogP) is 5.71. The van der Waals surface area contributed by atoms with Gasteiger partial charge >= 0.3 is 0 Å². The predicted molar refractivity (Wildman–Crippen MR) is 166 cm³/mol. The molecule has 44 heavy (non-hydrogen) atoms. The molecule has 4 aromatic rings. The Labute approximate surface area is 257 Å². The molecular weight excluding hydrogens is 584 g/mol. The first-order chi connectivity index (χ1) is 21.1. The van der Waals surface area contributed by atoms with Crippen LogP contribution in [0.5, 0.6) is 0 Å². The van der Waals surface area contributed by atoms with E-state index >= 15 is 0 Å². The van der Waals surface area contributed by atoms with E-state index < -0.39 is 46.1 Å². The van der Waals surface area contributed by atoms with E-state index in [4.69, 9.17) is 0 Å². The summed E-state index contributed by atoms with van der Waals surface area (Å²) in [5.74, 6) is -2.34. The number of sulfonamides is 1. The average molecular weight is 620 g/mol. The summed E-state index contributed by atoms with van der Waals surface area (Å²) in [5.41, 5.74) is 0.975. The zero-order valence-corrected chi connectivity index (χ0v) is 25.4. The highest BCUT2D eigenvalue weighted by molar-refractivity contribution is 7.92. The molecule has 0 fully saturated rings. The average Bonchev–Trinajstić information content (AvgIpc) is 3.03. The SMILES string of the molecule is CC[C@@H](C)NC(=O)[C@H](Cc1ccccc1)N(Cc1ccccc1F)C(=O)CN(c1ccc(F)cc1)S(=O)(=O)c1ccccc1. The van der Waals surface area contributed by atoms with Crippen LogP contribution >= 0.6 is 0 Å². The molecule has 0 bridgehead atoms. The molecule has 4 aromatic carbocycles. The second kappa shape index (κ2) is 14.7. The number of nitrogens with one attached hydrogen (secondary N) is 1. The van der Waals surface area contributed by atoms with Gasteiger partial charge in [0.05, 0.1) is 10.6 Å². The molecule has 0 aliphatic carbocycles. The minimum Gasteiger partial charge on any atom is -0.352 e. The van der Waals surface area contributed by atoms with Crippen LogP contribution in [0.15, 0.2) is 114 Å². The van der Waals surface area contributed by atoms with E-state index in [2.05, 4.69) is 5.32 Å². The number of carbonyl (C=O) groups excluding carboxylic acids is 2. The lowest BCUT2D eigenvalue weighted by Crippen LogP contribution is -2.54. The number of carbonyl (C=O) groups is 2. The Morgan fingerprint density at radius 2 is 1.41 bits per heavy atom. The van der Waals surface area contributed by atoms with Gasteiger partial charge in [0.15, 0.2) is 0 Å². The van der Waals surface area contributed by atoms with Crippen LogP contribution in [-0.2, 0) is 32.6 Å². The summed E-state index contributed by atoms with van der Waals surface area (Å²) in [4.78, 5) is 29.2. The highest BCUT2D eigenvalue weighted by Crippen LogP contribution is 2.25. The summed E-state index contributed by atoms with van der Waals surface area (Å²) in [6, 6.07) is 26.0. The summed E-state index contributed by atoms with van der Waals surface area (Å²) in [6.45, 7) is 2.73. The van der Waals surface area contributed by atoms with Crippen molar-refractivity contribution in [3.8, 4) is 0 Å². The van der Waals surface area contributed by atoms with Crippen LogP contribution in [0.25, 0.3) is 0 Å². The molecule has 0 aliphatic heterocycles. The van der Waals surface area contributed by atoms with E-state index in [1.807, 2.05) is 44.2 Å². The van der Waals surface area contributed by atoms with E-state index in [0.717, 1.165) is 22.0 Å². The highest BCUT2D eigenvalue weighted by Gasteiger charge is 2.35. The molecule has 4 rings (SSSR count). The molecule has 0 aromatic heterocycles. The van der Waals surface area contributed by atoms with Crippen molar-refractivity contribution in [2.75, 3.05) is 10.8 Å². The maximum absolute atomic E-state index is 15.0. The summed E-state index contributed by atoms with van der Waals surface area (Å²) in [5, 5.41) is 2.93. The summed E-state index contributed by atoms with van der Waals surface area (Å²) in [6.07, 6.45) is 0.740. The maximum atomic E-state index is 15.0. The third-order valence-electron chi connectivity index (χ3n) is 7.30. The molecule has 1 N–H and O–H groups in total. The lowest BCUT2D eigenvalue weighted by molar-refractivity contribution is -0.140. The van der Waals surface area contributed by atoms with E-state index in [0.29, 0.717) is 6.42 Å². The van der Waals surface area contributed by atoms with Gasteiger partial charge in [-0.2, -0.15) is 0 Å². The van der Waals surface area contributed by atoms with Crippen molar-refractivity contribution < 1.29 is 26.8 Å². The fraction of sp³-hybridized carbons (Fsp3) is 0.235. The Bertz CT molecular complexity index is 1650. The molecule has 0 aliphatic rings. The molecule has 7 nitrogen and oxygen atoms in total. The fourth-order valence-electron chi connectivity index (χ4n) is 4.66. The number of amides is 2. The van der Waals surface area contributed by atoms with Gasteiger partial charge in [-0.15, -0.1) is 0 Å². The minimum atomic E-state index is -4.32. The van der Waals surface area contributed by atoms with Crippen LogP contribution in [0.3, 0.4) is 0 Å². The Morgan fingerprint density at radius 1 is 0.818 bits per heavy atom. The van der Waals surface area contributed by atoms with Gasteiger partial charge in [0.25, 0.3) is 10.0 Å². The molecule has 0 saturated carbocycles. The van der Waals surface area contributed by atoms with E-state index in [-0.39, 0.29) is 35.2 Å². The molecule has 0 saturated heterocycles. The van der Waals surface area contributed by atoms with E-state index in [9.17, 15) is 26.8 Å². The zero-order valence-electron chi connectivity index (χ0n) is 24.6. The molecule has 2 atom stereocenters.